The highest BCUT2D eigenvalue weighted by Crippen LogP contribution is 2.16. The van der Waals surface area contributed by atoms with Crippen LogP contribution in [-0.2, 0) is 0 Å². The Morgan fingerprint density at radius 1 is 1.31 bits per heavy atom. The molecular formula is C13H18FNO. The largest absolute Gasteiger partial charge is 0.492 e. The SMILES string of the molecule is Cc1ccc(OCCN2CCCC2)cc1F. The maximum atomic E-state index is 13.2. The maximum absolute atomic E-state index is 13.2. The van der Waals surface area contributed by atoms with Crippen molar-refractivity contribution in [3.8, 4) is 5.75 Å². The quantitative estimate of drug-likeness (QED) is 0.778. The van der Waals surface area contributed by atoms with Gasteiger partial charge in [-0.15, -0.1) is 0 Å². The number of benzene rings is 1. The van der Waals surface area contributed by atoms with Gasteiger partial charge in [-0.3, -0.25) is 4.90 Å². The van der Waals surface area contributed by atoms with Gasteiger partial charge in [-0.2, -0.15) is 0 Å². The predicted octanol–water partition coefficient (Wildman–Crippen LogP) is 2.61. The highest BCUT2D eigenvalue weighted by atomic mass is 19.1. The molecule has 0 saturated carbocycles. The molecule has 1 heterocycles. The molecule has 0 spiro atoms. The number of rotatable bonds is 4. The van der Waals surface area contributed by atoms with Crippen LogP contribution >= 0.6 is 0 Å². The Morgan fingerprint density at radius 2 is 2.06 bits per heavy atom. The number of likely N-dealkylation sites (tertiary alicyclic amines) is 1. The van der Waals surface area contributed by atoms with E-state index in [1.165, 1.54) is 32.0 Å². The summed E-state index contributed by atoms with van der Waals surface area (Å²) in [5.41, 5.74) is 0.659. The fraction of sp³-hybridized carbons (Fsp3) is 0.538. The molecule has 0 bridgehead atoms. The van der Waals surface area contributed by atoms with Crippen molar-refractivity contribution < 1.29 is 9.13 Å². The van der Waals surface area contributed by atoms with Crippen molar-refractivity contribution in [2.45, 2.75) is 19.8 Å². The third-order valence-corrected chi connectivity index (χ3v) is 3.02. The first-order valence-corrected chi connectivity index (χ1v) is 5.87. The number of ether oxygens (including phenoxy) is 1. The Hall–Kier alpha value is -1.09. The summed E-state index contributed by atoms with van der Waals surface area (Å²) < 4.78 is 18.7. The summed E-state index contributed by atoms with van der Waals surface area (Å²) in [5, 5.41) is 0. The summed E-state index contributed by atoms with van der Waals surface area (Å²) >= 11 is 0. The second-order valence-corrected chi connectivity index (χ2v) is 4.31. The molecule has 16 heavy (non-hydrogen) atoms. The van der Waals surface area contributed by atoms with Crippen LogP contribution in [0.4, 0.5) is 4.39 Å². The van der Waals surface area contributed by atoms with Gasteiger partial charge in [0.05, 0.1) is 0 Å². The fourth-order valence-corrected chi connectivity index (χ4v) is 1.96. The topological polar surface area (TPSA) is 12.5 Å². The van der Waals surface area contributed by atoms with Crippen molar-refractivity contribution in [3.05, 3.63) is 29.6 Å². The monoisotopic (exact) mass is 223 g/mol. The molecule has 88 valence electrons. The molecule has 1 aromatic rings. The lowest BCUT2D eigenvalue weighted by Crippen LogP contribution is -2.25. The maximum Gasteiger partial charge on any atom is 0.129 e. The Bertz CT molecular complexity index is 348. The van der Waals surface area contributed by atoms with E-state index in [1.807, 2.05) is 6.07 Å². The van der Waals surface area contributed by atoms with E-state index >= 15 is 0 Å². The molecule has 1 saturated heterocycles. The van der Waals surface area contributed by atoms with Gasteiger partial charge in [0.2, 0.25) is 0 Å². The van der Waals surface area contributed by atoms with E-state index in [9.17, 15) is 4.39 Å². The number of nitrogens with zero attached hydrogens (tertiary/aromatic N) is 1. The van der Waals surface area contributed by atoms with Crippen LogP contribution < -0.4 is 4.74 Å². The van der Waals surface area contributed by atoms with Crippen LogP contribution in [0.25, 0.3) is 0 Å². The number of aryl methyl sites for hydroxylation is 1. The standard InChI is InChI=1S/C13H18FNO/c1-11-4-5-12(10-13(11)14)16-9-8-15-6-2-3-7-15/h4-5,10H,2-3,6-9H2,1H3. The second-order valence-electron chi connectivity index (χ2n) is 4.31. The number of hydrogen-bond acceptors (Lipinski definition) is 2. The molecule has 1 fully saturated rings. The van der Waals surface area contributed by atoms with Gasteiger partial charge in [0.1, 0.15) is 18.2 Å². The van der Waals surface area contributed by atoms with Crippen LogP contribution in [0, 0.1) is 12.7 Å². The Balaban J connectivity index is 1.78. The Kier molecular flexibility index (Phi) is 3.78. The van der Waals surface area contributed by atoms with Crippen LogP contribution in [0.5, 0.6) is 5.75 Å². The van der Waals surface area contributed by atoms with Crippen molar-refractivity contribution in [2.24, 2.45) is 0 Å². The van der Waals surface area contributed by atoms with Crippen LogP contribution in [-0.4, -0.2) is 31.1 Å². The van der Waals surface area contributed by atoms with Gasteiger partial charge in [0, 0.05) is 12.6 Å². The first kappa shape index (κ1) is 11.4. The first-order valence-electron chi connectivity index (χ1n) is 5.87. The number of halogens is 1. The van der Waals surface area contributed by atoms with E-state index in [4.69, 9.17) is 4.74 Å². The molecule has 0 N–H and O–H groups in total. The van der Waals surface area contributed by atoms with Gasteiger partial charge in [-0.25, -0.2) is 4.39 Å². The zero-order valence-electron chi connectivity index (χ0n) is 9.71. The minimum absolute atomic E-state index is 0.196. The Morgan fingerprint density at radius 3 is 2.75 bits per heavy atom. The summed E-state index contributed by atoms with van der Waals surface area (Å²) in [6.45, 7) is 5.68. The van der Waals surface area contributed by atoms with Crippen molar-refractivity contribution in [3.63, 3.8) is 0 Å². The molecule has 2 nitrogen and oxygen atoms in total. The van der Waals surface area contributed by atoms with E-state index in [-0.39, 0.29) is 5.82 Å². The highest BCUT2D eigenvalue weighted by Gasteiger charge is 2.10. The molecule has 1 aliphatic rings. The summed E-state index contributed by atoms with van der Waals surface area (Å²) in [6.07, 6.45) is 2.58. The van der Waals surface area contributed by atoms with Gasteiger partial charge >= 0.3 is 0 Å². The normalized spacial score (nSPS) is 16.6. The van der Waals surface area contributed by atoms with Crippen LogP contribution in [0.3, 0.4) is 0 Å². The minimum Gasteiger partial charge on any atom is -0.492 e. The van der Waals surface area contributed by atoms with Gasteiger partial charge in [-0.1, -0.05) is 6.07 Å². The summed E-state index contributed by atoms with van der Waals surface area (Å²) in [4.78, 5) is 2.38. The predicted molar refractivity (Wildman–Crippen MR) is 62.3 cm³/mol. The smallest absolute Gasteiger partial charge is 0.129 e. The molecule has 1 aromatic carbocycles. The van der Waals surface area contributed by atoms with Crippen LogP contribution in [0.1, 0.15) is 18.4 Å². The Labute approximate surface area is 96.0 Å². The average Bonchev–Trinajstić information content (AvgIpc) is 2.76. The van der Waals surface area contributed by atoms with Crippen molar-refractivity contribution in [2.75, 3.05) is 26.2 Å². The zero-order valence-corrected chi connectivity index (χ0v) is 9.71. The van der Waals surface area contributed by atoms with Crippen molar-refractivity contribution in [1.29, 1.82) is 0 Å². The lowest BCUT2D eigenvalue weighted by atomic mass is 10.2. The van der Waals surface area contributed by atoms with Crippen molar-refractivity contribution >= 4 is 0 Å². The highest BCUT2D eigenvalue weighted by molar-refractivity contribution is 5.27. The van der Waals surface area contributed by atoms with E-state index in [0.29, 0.717) is 17.9 Å². The zero-order chi connectivity index (χ0) is 11.4. The van der Waals surface area contributed by atoms with Gasteiger partial charge in [0.15, 0.2) is 0 Å². The average molecular weight is 223 g/mol. The third kappa shape index (κ3) is 2.95. The lowest BCUT2D eigenvalue weighted by Gasteiger charge is -2.15. The first-order chi connectivity index (χ1) is 7.75. The lowest BCUT2D eigenvalue weighted by molar-refractivity contribution is 0.237. The molecule has 2 rings (SSSR count). The van der Waals surface area contributed by atoms with E-state index in [1.54, 1.807) is 13.0 Å². The molecule has 3 heteroatoms. The second kappa shape index (κ2) is 5.30. The van der Waals surface area contributed by atoms with Crippen LogP contribution in [0.2, 0.25) is 0 Å². The summed E-state index contributed by atoms with van der Waals surface area (Å²) in [7, 11) is 0. The third-order valence-electron chi connectivity index (χ3n) is 3.02. The van der Waals surface area contributed by atoms with Gasteiger partial charge < -0.3 is 4.74 Å². The number of hydrogen-bond donors (Lipinski definition) is 0. The molecule has 0 unspecified atom stereocenters. The van der Waals surface area contributed by atoms with Gasteiger partial charge in [0.25, 0.3) is 0 Å². The van der Waals surface area contributed by atoms with E-state index < -0.39 is 0 Å². The molecule has 0 radical (unpaired) electrons. The van der Waals surface area contributed by atoms with E-state index in [2.05, 4.69) is 4.90 Å². The van der Waals surface area contributed by atoms with Crippen LogP contribution in [0.15, 0.2) is 18.2 Å². The fourth-order valence-electron chi connectivity index (χ4n) is 1.96. The molecular weight excluding hydrogens is 205 g/mol. The van der Waals surface area contributed by atoms with E-state index in [0.717, 1.165) is 6.54 Å². The molecule has 0 amide bonds. The summed E-state index contributed by atoms with van der Waals surface area (Å²) in [6, 6.07) is 5.03. The molecule has 0 aliphatic carbocycles. The summed E-state index contributed by atoms with van der Waals surface area (Å²) in [5.74, 6) is 0.431. The van der Waals surface area contributed by atoms with Gasteiger partial charge in [-0.05, 0) is 44.5 Å². The minimum atomic E-state index is -0.196. The molecule has 0 aromatic heterocycles. The van der Waals surface area contributed by atoms with Crippen molar-refractivity contribution in [1.82, 2.24) is 4.90 Å². The molecule has 0 atom stereocenters. The molecule has 1 aliphatic heterocycles.